The van der Waals surface area contributed by atoms with Gasteiger partial charge in [-0.1, -0.05) is 53.2 Å². The van der Waals surface area contributed by atoms with E-state index in [1.165, 1.54) is 11.8 Å². The molecule has 2 aromatic carbocycles. The Bertz CT molecular complexity index is 1480. The van der Waals surface area contributed by atoms with Gasteiger partial charge in [0.25, 0.3) is 0 Å². The van der Waals surface area contributed by atoms with Crippen LogP contribution in [0.5, 0.6) is 11.8 Å². The van der Waals surface area contributed by atoms with Crippen LogP contribution in [0.15, 0.2) is 70.2 Å². The fourth-order valence-electron chi connectivity index (χ4n) is 3.47. The lowest BCUT2D eigenvalue weighted by Gasteiger charge is -2.12. The van der Waals surface area contributed by atoms with Crippen LogP contribution >= 0.6 is 23.4 Å². The highest BCUT2D eigenvalue weighted by atomic mass is 35.5. The molecule has 0 N–H and O–H groups in total. The number of pyridine rings is 1. The summed E-state index contributed by atoms with van der Waals surface area (Å²) in [6.07, 6.45) is 0. The Morgan fingerprint density at radius 2 is 1.61 bits per heavy atom. The van der Waals surface area contributed by atoms with E-state index in [2.05, 4.69) is 25.4 Å². The Balaban J connectivity index is 1.49. The van der Waals surface area contributed by atoms with Crippen LogP contribution in [0, 0.1) is 6.92 Å². The average Bonchev–Trinajstić information content (AvgIpc) is 3.55. The molecule has 3 aromatic heterocycles. The van der Waals surface area contributed by atoms with Crippen molar-refractivity contribution in [3.05, 3.63) is 77.1 Å². The van der Waals surface area contributed by atoms with Crippen molar-refractivity contribution < 1.29 is 13.9 Å². The number of para-hydroxylation sites is 1. The van der Waals surface area contributed by atoms with Gasteiger partial charge in [-0.25, -0.2) is 0 Å². The monoisotopic (exact) mass is 520 g/mol. The molecule has 0 spiro atoms. The van der Waals surface area contributed by atoms with Gasteiger partial charge in [-0.15, -0.1) is 20.4 Å². The van der Waals surface area contributed by atoms with E-state index in [9.17, 15) is 0 Å². The number of hydrogen-bond acceptors (Lipinski definition) is 9. The number of benzene rings is 2. The number of methoxy groups -OCH3 is 2. The Morgan fingerprint density at radius 1 is 0.889 bits per heavy atom. The maximum atomic E-state index is 6.58. The number of aryl methyl sites for hydroxylation is 1. The van der Waals surface area contributed by atoms with E-state index in [4.69, 9.17) is 25.5 Å². The maximum absolute atomic E-state index is 6.58. The molecule has 3 heterocycles. The molecule has 0 aliphatic heterocycles. The van der Waals surface area contributed by atoms with Crippen LogP contribution in [0.2, 0.25) is 5.02 Å². The van der Waals surface area contributed by atoms with E-state index < -0.39 is 0 Å². The second-order valence-electron chi connectivity index (χ2n) is 7.69. The van der Waals surface area contributed by atoms with Crippen LogP contribution in [0.3, 0.4) is 0 Å². The minimum absolute atomic E-state index is 0.391. The highest BCUT2D eigenvalue weighted by molar-refractivity contribution is 7.98. The zero-order valence-corrected chi connectivity index (χ0v) is 21.2. The number of hydrogen-bond donors (Lipinski definition) is 0. The van der Waals surface area contributed by atoms with Crippen molar-refractivity contribution in [1.29, 1.82) is 0 Å². The molecule has 9 nitrogen and oxygen atoms in total. The normalized spacial score (nSPS) is 11.0. The van der Waals surface area contributed by atoms with Gasteiger partial charge in [0.2, 0.25) is 23.5 Å². The van der Waals surface area contributed by atoms with E-state index >= 15 is 0 Å². The van der Waals surface area contributed by atoms with Gasteiger partial charge in [0.1, 0.15) is 0 Å². The summed E-state index contributed by atoms with van der Waals surface area (Å²) in [5, 5.41) is 18.4. The van der Waals surface area contributed by atoms with Crippen molar-refractivity contribution in [3.63, 3.8) is 0 Å². The molecule has 0 unspecified atom stereocenters. The molecule has 5 aromatic rings. The zero-order chi connectivity index (χ0) is 25.1. The number of rotatable bonds is 8. The van der Waals surface area contributed by atoms with Gasteiger partial charge in [-0.05, 0) is 31.2 Å². The van der Waals surface area contributed by atoms with E-state index in [-0.39, 0.29) is 0 Å². The van der Waals surface area contributed by atoms with Crippen LogP contribution in [-0.2, 0) is 5.75 Å². The quantitative estimate of drug-likeness (QED) is 0.240. The van der Waals surface area contributed by atoms with E-state index in [0.717, 1.165) is 16.8 Å². The topological polar surface area (TPSA) is 101 Å². The van der Waals surface area contributed by atoms with Crippen molar-refractivity contribution in [2.24, 2.45) is 0 Å². The minimum Gasteiger partial charge on any atom is -0.481 e. The van der Waals surface area contributed by atoms with Gasteiger partial charge in [0.05, 0.1) is 30.7 Å². The highest BCUT2D eigenvalue weighted by Crippen LogP contribution is 2.34. The van der Waals surface area contributed by atoms with Crippen LogP contribution < -0.4 is 9.47 Å². The predicted octanol–water partition coefficient (Wildman–Crippen LogP) is 5.65. The third-order valence-electron chi connectivity index (χ3n) is 5.27. The Labute approximate surface area is 216 Å². The molecule has 0 atom stereocenters. The molecule has 0 saturated carbocycles. The van der Waals surface area contributed by atoms with Gasteiger partial charge < -0.3 is 13.9 Å². The molecule has 0 amide bonds. The van der Waals surface area contributed by atoms with Crippen molar-refractivity contribution in [3.8, 4) is 40.3 Å². The van der Waals surface area contributed by atoms with E-state index in [0.29, 0.717) is 50.9 Å². The number of aromatic nitrogens is 6. The fraction of sp³-hybridized carbons (Fsp3) is 0.160. The molecule has 0 saturated heterocycles. The zero-order valence-electron chi connectivity index (χ0n) is 19.7. The summed E-state index contributed by atoms with van der Waals surface area (Å²) in [4.78, 5) is 4.27. The third-order valence-corrected chi connectivity index (χ3v) is 6.50. The Hall–Kier alpha value is -3.89. The summed E-state index contributed by atoms with van der Waals surface area (Å²) in [5.41, 5.74) is 3.46. The first-order valence-electron chi connectivity index (χ1n) is 10.9. The Kier molecular flexibility index (Phi) is 6.88. The molecule has 5 rings (SSSR count). The molecule has 182 valence electrons. The third kappa shape index (κ3) is 4.91. The summed E-state index contributed by atoms with van der Waals surface area (Å²) in [7, 11) is 3.09. The second kappa shape index (κ2) is 10.4. The first kappa shape index (κ1) is 23.8. The largest absolute Gasteiger partial charge is 0.481 e. The lowest BCUT2D eigenvalue weighted by atomic mass is 10.1. The van der Waals surface area contributed by atoms with E-state index in [1.54, 1.807) is 26.4 Å². The minimum atomic E-state index is 0.391. The summed E-state index contributed by atoms with van der Waals surface area (Å²) in [6, 6.07) is 18.9. The van der Waals surface area contributed by atoms with Crippen LogP contribution in [0.4, 0.5) is 0 Å². The predicted molar refractivity (Wildman–Crippen MR) is 137 cm³/mol. The summed E-state index contributed by atoms with van der Waals surface area (Å²) in [5.74, 6) is 2.66. The number of nitrogens with zero attached hydrogens (tertiary/aromatic N) is 6. The van der Waals surface area contributed by atoms with Crippen molar-refractivity contribution >= 4 is 23.4 Å². The van der Waals surface area contributed by atoms with Crippen molar-refractivity contribution in [1.82, 2.24) is 29.9 Å². The van der Waals surface area contributed by atoms with Crippen molar-refractivity contribution in [2.75, 3.05) is 14.2 Å². The fourth-order valence-corrected chi connectivity index (χ4v) is 4.47. The smallest absolute Gasteiger partial charge is 0.247 e. The summed E-state index contributed by atoms with van der Waals surface area (Å²) >= 11 is 7.98. The first-order valence-corrected chi connectivity index (χ1v) is 12.2. The number of thioether (sulfide) groups is 1. The Morgan fingerprint density at radius 3 is 2.31 bits per heavy atom. The molecule has 0 fully saturated rings. The SMILES string of the molecule is COc1cc(-c2nnc(SCc3nnc(-c4ccc(C)cc4)o3)n2-c2ccccc2Cl)cc(OC)n1. The van der Waals surface area contributed by atoms with Crippen LogP contribution in [0.1, 0.15) is 11.5 Å². The van der Waals surface area contributed by atoms with Gasteiger partial charge in [-0.2, -0.15) is 4.98 Å². The lowest BCUT2D eigenvalue weighted by molar-refractivity contribution is 0.365. The highest BCUT2D eigenvalue weighted by Gasteiger charge is 2.21. The molecule has 0 bridgehead atoms. The van der Waals surface area contributed by atoms with Crippen molar-refractivity contribution in [2.45, 2.75) is 17.8 Å². The lowest BCUT2D eigenvalue weighted by Crippen LogP contribution is -2.02. The number of halogens is 1. The van der Waals surface area contributed by atoms with Gasteiger partial charge in [-0.3, -0.25) is 4.57 Å². The van der Waals surface area contributed by atoms with E-state index in [1.807, 2.05) is 60.0 Å². The maximum Gasteiger partial charge on any atom is 0.247 e. The standard InChI is InChI=1S/C25H21ClN6O3S/c1-15-8-10-16(11-9-15)24-30-28-22(35-24)14-36-25-31-29-23(32(25)19-7-5-4-6-18(19)26)17-12-20(33-2)27-21(13-17)34-3/h4-13H,14H2,1-3H3. The van der Waals surface area contributed by atoms with Gasteiger partial charge in [0, 0.05) is 23.3 Å². The molecule has 0 aliphatic carbocycles. The van der Waals surface area contributed by atoms with Gasteiger partial charge in [0.15, 0.2) is 11.0 Å². The summed E-state index contributed by atoms with van der Waals surface area (Å²) in [6.45, 7) is 2.03. The molecule has 11 heteroatoms. The molecule has 0 aliphatic rings. The molecular formula is C25H21ClN6O3S. The molecular weight excluding hydrogens is 500 g/mol. The number of ether oxygens (including phenoxy) is 2. The van der Waals surface area contributed by atoms with Gasteiger partial charge >= 0.3 is 0 Å². The average molecular weight is 521 g/mol. The summed E-state index contributed by atoms with van der Waals surface area (Å²) < 4.78 is 18.4. The first-order chi connectivity index (χ1) is 17.6. The molecule has 0 radical (unpaired) electrons. The van der Waals surface area contributed by atoms with Crippen LogP contribution in [-0.4, -0.2) is 44.2 Å². The van der Waals surface area contributed by atoms with Crippen LogP contribution in [0.25, 0.3) is 28.5 Å². The second-order valence-corrected chi connectivity index (χ2v) is 9.04. The molecule has 36 heavy (non-hydrogen) atoms.